The van der Waals surface area contributed by atoms with Crippen LogP contribution in [0.1, 0.15) is 38.2 Å². The van der Waals surface area contributed by atoms with Crippen molar-refractivity contribution in [1.29, 1.82) is 0 Å². The Labute approximate surface area is 110 Å². The molecule has 0 aromatic heterocycles. The standard InChI is InChI=1S/C15H24N2O/c1-2-3-4-8-11-16-13-15(18)17-12-14-9-6-5-7-10-14/h5-7,9-10,16H,2-4,8,11-13H2,1H3,(H,17,18). The number of amides is 1. The average Bonchev–Trinajstić information content (AvgIpc) is 2.41. The second-order valence-electron chi connectivity index (χ2n) is 4.50. The maximum atomic E-state index is 11.5. The number of benzene rings is 1. The Bertz CT molecular complexity index is 325. The summed E-state index contributed by atoms with van der Waals surface area (Å²) in [5, 5.41) is 6.07. The van der Waals surface area contributed by atoms with E-state index in [2.05, 4.69) is 17.6 Å². The zero-order chi connectivity index (χ0) is 13.1. The lowest BCUT2D eigenvalue weighted by molar-refractivity contribution is -0.120. The molecule has 0 bridgehead atoms. The Morgan fingerprint density at radius 3 is 2.61 bits per heavy atom. The third-order valence-corrected chi connectivity index (χ3v) is 2.83. The number of carbonyl (C=O) groups excluding carboxylic acids is 1. The number of carbonyl (C=O) groups is 1. The SMILES string of the molecule is CCCCCCNCC(=O)NCc1ccccc1. The van der Waals surface area contributed by atoms with Crippen molar-refractivity contribution in [2.24, 2.45) is 0 Å². The molecule has 1 amide bonds. The first-order valence-electron chi connectivity index (χ1n) is 6.84. The molecular formula is C15H24N2O. The Balaban J connectivity index is 2.01. The summed E-state index contributed by atoms with van der Waals surface area (Å²) in [7, 11) is 0. The highest BCUT2D eigenvalue weighted by atomic mass is 16.1. The number of hydrogen-bond donors (Lipinski definition) is 2. The van der Waals surface area contributed by atoms with Gasteiger partial charge in [-0.1, -0.05) is 56.5 Å². The van der Waals surface area contributed by atoms with Crippen molar-refractivity contribution in [2.45, 2.75) is 39.2 Å². The lowest BCUT2D eigenvalue weighted by Crippen LogP contribution is -2.33. The molecule has 1 aromatic carbocycles. The summed E-state index contributed by atoms with van der Waals surface area (Å²) < 4.78 is 0. The van der Waals surface area contributed by atoms with Crippen LogP contribution >= 0.6 is 0 Å². The van der Waals surface area contributed by atoms with E-state index in [0.717, 1.165) is 18.5 Å². The van der Waals surface area contributed by atoms with Gasteiger partial charge in [-0.25, -0.2) is 0 Å². The molecule has 0 aliphatic heterocycles. The molecule has 0 saturated carbocycles. The van der Waals surface area contributed by atoms with Gasteiger partial charge in [0.05, 0.1) is 6.54 Å². The highest BCUT2D eigenvalue weighted by Gasteiger charge is 1.99. The zero-order valence-electron chi connectivity index (χ0n) is 11.2. The molecule has 0 aliphatic carbocycles. The number of unbranched alkanes of at least 4 members (excludes halogenated alkanes) is 3. The smallest absolute Gasteiger partial charge is 0.234 e. The topological polar surface area (TPSA) is 41.1 Å². The first kappa shape index (κ1) is 14.7. The minimum atomic E-state index is 0.0642. The third kappa shape index (κ3) is 7.07. The van der Waals surface area contributed by atoms with Crippen LogP contribution < -0.4 is 10.6 Å². The molecule has 0 spiro atoms. The van der Waals surface area contributed by atoms with Gasteiger partial charge in [0.2, 0.25) is 5.91 Å². The second kappa shape index (κ2) is 9.66. The van der Waals surface area contributed by atoms with Crippen LogP contribution in [0.3, 0.4) is 0 Å². The molecule has 0 fully saturated rings. The van der Waals surface area contributed by atoms with Crippen molar-refractivity contribution in [3.8, 4) is 0 Å². The summed E-state index contributed by atoms with van der Waals surface area (Å²) in [6.07, 6.45) is 4.92. The molecule has 100 valence electrons. The molecule has 2 N–H and O–H groups in total. The van der Waals surface area contributed by atoms with Crippen LogP contribution in [0, 0.1) is 0 Å². The fraction of sp³-hybridized carbons (Fsp3) is 0.533. The molecule has 0 atom stereocenters. The monoisotopic (exact) mass is 248 g/mol. The van der Waals surface area contributed by atoms with Crippen LogP contribution in [-0.2, 0) is 11.3 Å². The van der Waals surface area contributed by atoms with Crippen molar-refractivity contribution in [3.05, 3.63) is 35.9 Å². The van der Waals surface area contributed by atoms with Crippen LogP contribution in [-0.4, -0.2) is 19.0 Å². The van der Waals surface area contributed by atoms with E-state index < -0.39 is 0 Å². The van der Waals surface area contributed by atoms with Crippen molar-refractivity contribution >= 4 is 5.91 Å². The van der Waals surface area contributed by atoms with E-state index in [0.29, 0.717) is 13.1 Å². The minimum absolute atomic E-state index is 0.0642. The molecule has 18 heavy (non-hydrogen) atoms. The molecular weight excluding hydrogens is 224 g/mol. The van der Waals surface area contributed by atoms with Crippen molar-refractivity contribution in [1.82, 2.24) is 10.6 Å². The van der Waals surface area contributed by atoms with Crippen LogP contribution in [0.25, 0.3) is 0 Å². The third-order valence-electron chi connectivity index (χ3n) is 2.83. The Kier molecular flexibility index (Phi) is 7.89. The van der Waals surface area contributed by atoms with Crippen LogP contribution in [0.4, 0.5) is 0 Å². The van der Waals surface area contributed by atoms with Gasteiger partial charge in [-0.3, -0.25) is 4.79 Å². The first-order valence-corrected chi connectivity index (χ1v) is 6.84. The van der Waals surface area contributed by atoms with Crippen molar-refractivity contribution in [3.63, 3.8) is 0 Å². The second-order valence-corrected chi connectivity index (χ2v) is 4.50. The predicted molar refractivity (Wildman–Crippen MR) is 75.3 cm³/mol. The van der Waals surface area contributed by atoms with E-state index >= 15 is 0 Å². The van der Waals surface area contributed by atoms with Crippen LogP contribution in [0.15, 0.2) is 30.3 Å². The van der Waals surface area contributed by atoms with Gasteiger partial charge in [-0.15, -0.1) is 0 Å². The number of rotatable bonds is 9. The van der Waals surface area contributed by atoms with Gasteiger partial charge in [-0.05, 0) is 18.5 Å². The fourth-order valence-corrected chi connectivity index (χ4v) is 1.74. The largest absolute Gasteiger partial charge is 0.351 e. The molecule has 0 saturated heterocycles. The number of nitrogens with one attached hydrogen (secondary N) is 2. The quantitative estimate of drug-likeness (QED) is 0.659. The molecule has 0 unspecified atom stereocenters. The molecule has 0 aliphatic rings. The van der Waals surface area contributed by atoms with Crippen molar-refractivity contribution in [2.75, 3.05) is 13.1 Å². The van der Waals surface area contributed by atoms with Crippen molar-refractivity contribution < 1.29 is 4.79 Å². The van der Waals surface area contributed by atoms with E-state index in [9.17, 15) is 4.79 Å². The first-order chi connectivity index (χ1) is 8.83. The van der Waals surface area contributed by atoms with Gasteiger partial charge in [-0.2, -0.15) is 0 Å². The van der Waals surface area contributed by atoms with E-state index in [1.54, 1.807) is 0 Å². The highest BCUT2D eigenvalue weighted by Crippen LogP contribution is 1.97. The van der Waals surface area contributed by atoms with Gasteiger partial charge < -0.3 is 10.6 Å². The zero-order valence-corrected chi connectivity index (χ0v) is 11.2. The molecule has 0 radical (unpaired) electrons. The summed E-state index contributed by atoms with van der Waals surface area (Å²) in [6.45, 7) is 4.15. The molecule has 1 aromatic rings. The van der Waals surface area contributed by atoms with E-state index in [4.69, 9.17) is 0 Å². The van der Waals surface area contributed by atoms with Gasteiger partial charge in [0, 0.05) is 6.54 Å². The lowest BCUT2D eigenvalue weighted by Gasteiger charge is -2.06. The molecule has 3 nitrogen and oxygen atoms in total. The maximum absolute atomic E-state index is 11.5. The van der Waals surface area contributed by atoms with Gasteiger partial charge in [0.25, 0.3) is 0 Å². The highest BCUT2D eigenvalue weighted by molar-refractivity contribution is 5.77. The van der Waals surface area contributed by atoms with Crippen LogP contribution in [0.5, 0.6) is 0 Å². The van der Waals surface area contributed by atoms with E-state index in [1.165, 1.54) is 19.3 Å². The molecule has 3 heteroatoms. The van der Waals surface area contributed by atoms with Crippen LogP contribution in [0.2, 0.25) is 0 Å². The van der Waals surface area contributed by atoms with E-state index in [-0.39, 0.29) is 5.91 Å². The summed E-state index contributed by atoms with van der Waals surface area (Å²) in [6, 6.07) is 9.96. The summed E-state index contributed by atoms with van der Waals surface area (Å²) >= 11 is 0. The number of hydrogen-bond acceptors (Lipinski definition) is 2. The Morgan fingerprint density at radius 2 is 1.89 bits per heavy atom. The molecule has 0 heterocycles. The Morgan fingerprint density at radius 1 is 1.11 bits per heavy atom. The summed E-state index contributed by atoms with van der Waals surface area (Å²) in [5.41, 5.74) is 1.13. The average molecular weight is 248 g/mol. The molecule has 1 rings (SSSR count). The summed E-state index contributed by atoms with van der Waals surface area (Å²) in [4.78, 5) is 11.5. The minimum Gasteiger partial charge on any atom is -0.351 e. The predicted octanol–water partition coefficient (Wildman–Crippen LogP) is 2.47. The fourth-order valence-electron chi connectivity index (χ4n) is 1.74. The summed E-state index contributed by atoms with van der Waals surface area (Å²) in [5.74, 6) is 0.0642. The van der Waals surface area contributed by atoms with E-state index in [1.807, 2.05) is 30.3 Å². The normalized spacial score (nSPS) is 10.3. The Hall–Kier alpha value is -1.35. The maximum Gasteiger partial charge on any atom is 0.234 e. The van der Waals surface area contributed by atoms with Gasteiger partial charge >= 0.3 is 0 Å². The lowest BCUT2D eigenvalue weighted by atomic mass is 10.2. The van der Waals surface area contributed by atoms with Gasteiger partial charge in [0.15, 0.2) is 0 Å². The van der Waals surface area contributed by atoms with Gasteiger partial charge in [0.1, 0.15) is 0 Å².